The van der Waals surface area contributed by atoms with Crippen molar-refractivity contribution in [2.75, 3.05) is 18.5 Å². The molecule has 1 aliphatic carbocycles. The summed E-state index contributed by atoms with van der Waals surface area (Å²) in [4.78, 5) is 20.1. The van der Waals surface area contributed by atoms with Gasteiger partial charge in [0.15, 0.2) is 5.13 Å². The third kappa shape index (κ3) is 2.59. The van der Waals surface area contributed by atoms with Gasteiger partial charge in [-0.2, -0.15) is 5.10 Å². The molecular weight excluding hydrogens is 326 g/mol. The van der Waals surface area contributed by atoms with Crippen LogP contribution in [0.4, 0.5) is 9.93 Å². The number of fused-ring (bicyclic) bond motifs is 2. The molecule has 0 atom stereocenters. The molecule has 2 aromatic heterocycles. The van der Waals surface area contributed by atoms with Crippen molar-refractivity contribution in [3.8, 4) is 0 Å². The van der Waals surface area contributed by atoms with Crippen molar-refractivity contribution in [2.45, 2.75) is 44.9 Å². The predicted molar refractivity (Wildman–Crippen MR) is 89.1 cm³/mol. The Kier molecular flexibility index (Phi) is 3.34. The van der Waals surface area contributed by atoms with Crippen molar-refractivity contribution in [3.05, 3.63) is 28.0 Å². The van der Waals surface area contributed by atoms with E-state index in [9.17, 15) is 4.79 Å². The van der Waals surface area contributed by atoms with Crippen LogP contribution in [-0.4, -0.2) is 38.8 Å². The summed E-state index contributed by atoms with van der Waals surface area (Å²) in [5, 5.41) is 8.29. The molecule has 1 N–H and O–H groups in total. The molecule has 0 aromatic carbocycles. The summed E-state index contributed by atoms with van der Waals surface area (Å²) in [6.07, 6.45) is 3.33. The fourth-order valence-electron chi connectivity index (χ4n) is 3.29. The van der Waals surface area contributed by atoms with Gasteiger partial charge in [0.05, 0.1) is 48.3 Å². The summed E-state index contributed by atoms with van der Waals surface area (Å²) in [6, 6.07) is 2.08. The van der Waals surface area contributed by atoms with Crippen LogP contribution in [0.2, 0.25) is 0 Å². The lowest BCUT2D eigenvalue weighted by Crippen LogP contribution is -2.40. The molecule has 2 aromatic rings. The van der Waals surface area contributed by atoms with Gasteiger partial charge in [0, 0.05) is 18.9 Å². The average Bonchev–Trinajstić information content (AvgIpc) is 3.22. The lowest BCUT2D eigenvalue weighted by atomic mass is 10.2. The highest BCUT2D eigenvalue weighted by Gasteiger charge is 2.30. The van der Waals surface area contributed by atoms with Crippen molar-refractivity contribution in [1.29, 1.82) is 0 Å². The Morgan fingerprint density at radius 1 is 1.38 bits per heavy atom. The molecule has 0 radical (unpaired) electrons. The fourth-order valence-corrected chi connectivity index (χ4v) is 4.23. The minimum absolute atomic E-state index is 0.0811. The van der Waals surface area contributed by atoms with E-state index >= 15 is 0 Å². The fraction of sp³-hybridized carbons (Fsp3) is 0.562. The second kappa shape index (κ2) is 5.56. The first-order valence-electron chi connectivity index (χ1n) is 8.45. The highest BCUT2D eigenvalue weighted by molar-refractivity contribution is 7.15. The molecule has 5 rings (SSSR count). The van der Waals surface area contributed by atoms with E-state index in [-0.39, 0.29) is 6.03 Å². The van der Waals surface area contributed by atoms with Gasteiger partial charge in [0.1, 0.15) is 0 Å². The Balaban J connectivity index is 1.28. The van der Waals surface area contributed by atoms with Gasteiger partial charge in [-0.25, -0.2) is 9.78 Å². The Hall–Kier alpha value is -1.93. The Labute approximate surface area is 143 Å². The number of amides is 2. The lowest BCUT2D eigenvalue weighted by Gasteiger charge is -2.27. The second-order valence-corrected chi connectivity index (χ2v) is 7.68. The molecule has 126 valence electrons. The van der Waals surface area contributed by atoms with E-state index in [0.717, 1.165) is 29.2 Å². The summed E-state index contributed by atoms with van der Waals surface area (Å²) >= 11 is 1.52. The number of hydrogen-bond donors (Lipinski definition) is 1. The Morgan fingerprint density at radius 3 is 3.12 bits per heavy atom. The zero-order chi connectivity index (χ0) is 16.1. The first kappa shape index (κ1) is 14.4. The Morgan fingerprint density at radius 2 is 2.29 bits per heavy atom. The number of nitrogens with one attached hydrogen (secondary N) is 1. The van der Waals surface area contributed by atoms with Gasteiger partial charge in [-0.1, -0.05) is 11.3 Å². The van der Waals surface area contributed by atoms with Gasteiger partial charge < -0.3 is 9.64 Å². The molecule has 2 amide bonds. The van der Waals surface area contributed by atoms with E-state index in [4.69, 9.17) is 4.74 Å². The van der Waals surface area contributed by atoms with E-state index in [0.29, 0.717) is 37.4 Å². The first-order valence-corrected chi connectivity index (χ1v) is 9.27. The highest BCUT2D eigenvalue weighted by Crippen LogP contribution is 2.39. The quantitative estimate of drug-likeness (QED) is 0.907. The average molecular weight is 345 g/mol. The summed E-state index contributed by atoms with van der Waals surface area (Å²) in [5.74, 6) is 0.647. The number of thiazole rings is 1. The van der Waals surface area contributed by atoms with Gasteiger partial charge in [0.25, 0.3) is 0 Å². The van der Waals surface area contributed by atoms with Crippen molar-refractivity contribution >= 4 is 22.5 Å². The molecule has 8 heteroatoms. The van der Waals surface area contributed by atoms with Crippen LogP contribution in [0.1, 0.15) is 40.7 Å². The van der Waals surface area contributed by atoms with E-state index in [2.05, 4.69) is 26.1 Å². The van der Waals surface area contributed by atoms with Crippen LogP contribution in [0, 0.1) is 0 Å². The molecule has 0 spiro atoms. The molecule has 3 aliphatic rings. The normalized spacial score (nSPS) is 19.8. The molecule has 7 nitrogen and oxygen atoms in total. The summed E-state index contributed by atoms with van der Waals surface area (Å²) < 4.78 is 7.49. The second-order valence-electron chi connectivity index (χ2n) is 6.60. The van der Waals surface area contributed by atoms with Crippen LogP contribution in [-0.2, 0) is 30.9 Å². The third-order valence-electron chi connectivity index (χ3n) is 4.81. The van der Waals surface area contributed by atoms with Crippen molar-refractivity contribution < 1.29 is 9.53 Å². The monoisotopic (exact) mass is 345 g/mol. The zero-order valence-electron chi connectivity index (χ0n) is 13.3. The molecule has 1 saturated carbocycles. The molecule has 0 unspecified atom stereocenters. The van der Waals surface area contributed by atoms with Crippen molar-refractivity contribution in [3.63, 3.8) is 0 Å². The maximum atomic E-state index is 12.6. The molecular formula is C16H19N5O2S. The van der Waals surface area contributed by atoms with Crippen LogP contribution in [0.5, 0.6) is 0 Å². The van der Waals surface area contributed by atoms with Crippen LogP contribution in [0.3, 0.4) is 0 Å². The Bertz CT molecular complexity index is 771. The van der Waals surface area contributed by atoms with Crippen LogP contribution in [0.25, 0.3) is 0 Å². The number of hydrogen-bond acceptors (Lipinski definition) is 5. The van der Waals surface area contributed by atoms with Crippen LogP contribution < -0.4 is 5.32 Å². The molecule has 4 heterocycles. The van der Waals surface area contributed by atoms with Crippen molar-refractivity contribution in [2.24, 2.45) is 0 Å². The molecule has 0 bridgehead atoms. The molecule has 1 fully saturated rings. The topological polar surface area (TPSA) is 72.3 Å². The number of rotatable bonds is 2. The van der Waals surface area contributed by atoms with Crippen LogP contribution >= 0.6 is 11.3 Å². The number of anilines is 1. The molecule has 24 heavy (non-hydrogen) atoms. The first-order chi connectivity index (χ1) is 11.8. The van der Waals surface area contributed by atoms with Crippen LogP contribution in [0.15, 0.2) is 6.07 Å². The van der Waals surface area contributed by atoms with Gasteiger partial charge in [-0.05, 0) is 18.9 Å². The lowest BCUT2D eigenvalue weighted by molar-refractivity contribution is 0.112. The summed E-state index contributed by atoms with van der Waals surface area (Å²) in [7, 11) is 0. The van der Waals surface area contributed by atoms with Gasteiger partial charge in [-0.3, -0.25) is 10.00 Å². The van der Waals surface area contributed by atoms with Gasteiger partial charge in [0.2, 0.25) is 0 Å². The molecule has 2 aliphatic heterocycles. The predicted octanol–water partition coefficient (Wildman–Crippen LogP) is 2.34. The summed E-state index contributed by atoms with van der Waals surface area (Å²) in [5.41, 5.74) is 3.39. The number of ether oxygens (including phenoxy) is 1. The van der Waals surface area contributed by atoms with E-state index in [1.54, 1.807) is 0 Å². The minimum atomic E-state index is -0.0811. The number of aromatic nitrogens is 3. The smallest absolute Gasteiger partial charge is 0.324 e. The standard InChI is InChI=1S/C16H19N5O2S/c22-16(18-15-17-12-3-6-23-9-14(12)24-15)20-4-5-21-11(8-20)7-13(19-21)10-1-2-10/h7,10H,1-6,8-9H2,(H,17,18,22). The zero-order valence-corrected chi connectivity index (χ0v) is 14.1. The number of nitrogens with zero attached hydrogens (tertiary/aromatic N) is 4. The highest BCUT2D eigenvalue weighted by atomic mass is 32.1. The van der Waals surface area contributed by atoms with E-state index in [1.807, 2.05) is 4.90 Å². The third-order valence-corrected chi connectivity index (χ3v) is 5.79. The summed E-state index contributed by atoms with van der Waals surface area (Å²) in [6.45, 7) is 3.37. The maximum Gasteiger partial charge on any atom is 0.324 e. The maximum absolute atomic E-state index is 12.6. The SMILES string of the molecule is O=C(Nc1nc2c(s1)COCC2)N1CCn2nc(C3CC3)cc2C1. The van der Waals surface area contributed by atoms with Crippen molar-refractivity contribution in [1.82, 2.24) is 19.7 Å². The van der Waals surface area contributed by atoms with E-state index in [1.165, 1.54) is 29.9 Å². The minimum Gasteiger partial charge on any atom is -0.375 e. The van der Waals surface area contributed by atoms with E-state index < -0.39 is 0 Å². The van der Waals surface area contributed by atoms with Gasteiger partial charge >= 0.3 is 6.03 Å². The largest absolute Gasteiger partial charge is 0.375 e. The number of carbonyl (C=O) groups is 1. The molecule has 0 saturated heterocycles. The number of urea groups is 1. The van der Waals surface area contributed by atoms with Gasteiger partial charge in [-0.15, -0.1) is 0 Å². The number of carbonyl (C=O) groups excluding carboxylic acids is 1.